The second-order valence-electron chi connectivity index (χ2n) is 3.65. The lowest BCUT2D eigenvalue weighted by atomic mass is 10.1. The van der Waals surface area contributed by atoms with Gasteiger partial charge in [-0.25, -0.2) is 4.98 Å². The molecule has 18 heavy (non-hydrogen) atoms. The van der Waals surface area contributed by atoms with E-state index in [0.29, 0.717) is 11.1 Å². The van der Waals surface area contributed by atoms with Crippen LogP contribution >= 0.6 is 0 Å². The first-order valence-corrected chi connectivity index (χ1v) is 5.19. The molecule has 0 fully saturated rings. The summed E-state index contributed by atoms with van der Waals surface area (Å²) in [4.78, 5) is 3.40. The fraction of sp³-hybridized carbons (Fsp3) is 0.154. The number of aromatic nitrogens is 1. The van der Waals surface area contributed by atoms with Crippen LogP contribution in [0, 0.1) is 0 Å². The van der Waals surface area contributed by atoms with Gasteiger partial charge in [0.05, 0.1) is 7.11 Å². The van der Waals surface area contributed by atoms with Crippen molar-refractivity contribution in [1.29, 1.82) is 0 Å². The van der Waals surface area contributed by atoms with E-state index in [9.17, 15) is 13.2 Å². The Morgan fingerprint density at radius 2 is 1.67 bits per heavy atom. The Morgan fingerprint density at radius 3 is 2.22 bits per heavy atom. The number of methoxy groups -OCH3 is 1. The summed E-state index contributed by atoms with van der Waals surface area (Å²) >= 11 is 0. The second-order valence-corrected chi connectivity index (χ2v) is 3.65. The van der Waals surface area contributed by atoms with Crippen molar-refractivity contribution in [3.05, 3.63) is 48.2 Å². The highest BCUT2D eigenvalue weighted by Crippen LogP contribution is 2.32. The molecule has 0 bridgehead atoms. The highest BCUT2D eigenvalue weighted by atomic mass is 19.4. The van der Waals surface area contributed by atoms with Gasteiger partial charge in [0.1, 0.15) is 5.69 Å². The molecule has 0 aliphatic rings. The van der Waals surface area contributed by atoms with Gasteiger partial charge in [0.25, 0.3) is 0 Å². The Labute approximate surface area is 102 Å². The van der Waals surface area contributed by atoms with Crippen molar-refractivity contribution in [3.63, 3.8) is 0 Å². The van der Waals surface area contributed by atoms with E-state index in [1.54, 1.807) is 30.3 Å². The van der Waals surface area contributed by atoms with Crippen LogP contribution in [-0.4, -0.2) is 12.1 Å². The van der Waals surface area contributed by atoms with Crippen molar-refractivity contribution in [1.82, 2.24) is 4.98 Å². The van der Waals surface area contributed by atoms with Gasteiger partial charge in [-0.15, -0.1) is 0 Å². The number of hydrogen-bond donors (Lipinski definition) is 0. The maximum Gasteiger partial charge on any atom is 0.433 e. The van der Waals surface area contributed by atoms with Crippen LogP contribution in [0.3, 0.4) is 0 Å². The standard InChI is InChI=1S/C13H10F3NO/c1-18-12-8-10(9-5-3-2-4-6-9)7-11(17-12)13(14,15)16/h2-8H,1H3. The summed E-state index contributed by atoms with van der Waals surface area (Å²) in [5.41, 5.74) is 0.152. The molecule has 0 saturated carbocycles. The molecule has 0 aliphatic carbocycles. The van der Waals surface area contributed by atoms with E-state index < -0.39 is 11.9 Å². The summed E-state index contributed by atoms with van der Waals surface area (Å²) in [5.74, 6) is -0.0521. The smallest absolute Gasteiger partial charge is 0.433 e. The minimum Gasteiger partial charge on any atom is -0.481 e. The fourth-order valence-electron chi connectivity index (χ4n) is 1.55. The van der Waals surface area contributed by atoms with Crippen LogP contribution in [0.4, 0.5) is 13.2 Å². The fourth-order valence-corrected chi connectivity index (χ4v) is 1.55. The lowest BCUT2D eigenvalue weighted by Gasteiger charge is -2.10. The molecule has 2 aromatic rings. The van der Waals surface area contributed by atoms with E-state index >= 15 is 0 Å². The average molecular weight is 253 g/mol. The summed E-state index contributed by atoms with van der Waals surface area (Å²) in [6.45, 7) is 0. The van der Waals surface area contributed by atoms with Crippen LogP contribution in [0.25, 0.3) is 11.1 Å². The minimum absolute atomic E-state index is 0.0521. The first-order valence-electron chi connectivity index (χ1n) is 5.19. The molecule has 0 N–H and O–H groups in total. The maximum atomic E-state index is 12.7. The summed E-state index contributed by atoms with van der Waals surface area (Å²) in [5, 5.41) is 0. The highest BCUT2D eigenvalue weighted by molar-refractivity contribution is 5.64. The Kier molecular flexibility index (Phi) is 3.23. The van der Waals surface area contributed by atoms with Crippen molar-refractivity contribution in [2.75, 3.05) is 7.11 Å². The molecule has 1 aromatic carbocycles. The van der Waals surface area contributed by atoms with Crippen LogP contribution in [0.5, 0.6) is 5.88 Å². The van der Waals surface area contributed by atoms with Crippen LogP contribution in [0.15, 0.2) is 42.5 Å². The van der Waals surface area contributed by atoms with Crippen molar-refractivity contribution in [3.8, 4) is 17.0 Å². The lowest BCUT2D eigenvalue weighted by molar-refractivity contribution is -0.141. The van der Waals surface area contributed by atoms with Gasteiger partial charge in [-0.3, -0.25) is 0 Å². The Morgan fingerprint density at radius 1 is 1.00 bits per heavy atom. The number of rotatable bonds is 2. The molecule has 0 radical (unpaired) electrons. The molecule has 0 saturated heterocycles. The Hall–Kier alpha value is -2.04. The van der Waals surface area contributed by atoms with Gasteiger partial charge < -0.3 is 4.74 Å². The second kappa shape index (κ2) is 4.68. The normalized spacial score (nSPS) is 11.3. The molecule has 2 nitrogen and oxygen atoms in total. The van der Waals surface area contributed by atoms with Crippen LogP contribution in [-0.2, 0) is 6.18 Å². The third kappa shape index (κ3) is 2.61. The molecule has 5 heteroatoms. The zero-order valence-corrected chi connectivity index (χ0v) is 9.53. The van der Waals surface area contributed by atoms with Crippen molar-refractivity contribution >= 4 is 0 Å². The number of ether oxygens (including phenoxy) is 1. The molecular formula is C13H10F3NO. The van der Waals surface area contributed by atoms with Gasteiger partial charge in [-0.1, -0.05) is 30.3 Å². The molecular weight excluding hydrogens is 243 g/mol. The lowest BCUT2D eigenvalue weighted by Crippen LogP contribution is -2.08. The molecule has 2 rings (SSSR count). The molecule has 0 aliphatic heterocycles. The van der Waals surface area contributed by atoms with E-state index in [1.165, 1.54) is 13.2 Å². The molecule has 94 valence electrons. The maximum absolute atomic E-state index is 12.7. The van der Waals surface area contributed by atoms with Crippen LogP contribution in [0.1, 0.15) is 5.69 Å². The number of benzene rings is 1. The van der Waals surface area contributed by atoms with E-state index in [4.69, 9.17) is 4.74 Å². The van der Waals surface area contributed by atoms with Gasteiger partial charge >= 0.3 is 6.18 Å². The topological polar surface area (TPSA) is 22.1 Å². The molecule has 1 heterocycles. The largest absolute Gasteiger partial charge is 0.481 e. The first-order chi connectivity index (χ1) is 8.50. The van der Waals surface area contributed by atoms with Crippen molar-refractivity contribution in [2.45, 2.75) is 6.18 Å². The number of pyridine rings is 1. The number of hydrogen-bond acceptors (Lipinski definition) is 2. The minimum atomic E-state index is -4.49. The third-order valence-electron chi connectivity index (χ3n) is 2.41. The molecule has 1 aromatic heterocycles. The van der Waals surface area contributed by atoms with Gasteiger partial charge in [-0.2, -0.15) is 13.2 Å². The zero-order chi connectivity index (χ0) is 13.2. The van der Waals surface area contributed by atoms with Crippen LogP contribution in [0.2, 0.25) is 0 Å². The third-order valence-corrected chi connectivity index (χ3v) is 2.41. The summed E-state index contributed by atoms with van der Waals surface area (Å²) < 4.78 is 42.8. The quantitative estimate of drug-likeness (QED) is 0.812. The number of alkyl halides is 3. The van der Waals surface area contributed by atoms with E-state index in [2.05, 4.69) is 4.98 Å². The Bertz CT molecular complexity index is 538. The van der Waals surface area contributed by atoms with Crippen LogP contribution < -0.4 is 4.74 Å². The molecule has 0 unspecified atom stereocenters. The van der Waals surface area contributed by atoms with Gasteiger partial charge in [0.15, 0.2) is 0 Å². The summed E-state index contributed by atoms with van der Waals surface area (Å²) in [7, 11) is 1.29. The average Bonchev–Trinajstić information content (AvgIpc) is 2.38. The summed E-state index contributed by atoms with van der Waals surface area (Å²) in [6, 6.07) is 11.3. The SMILES string of the molecule is COc1cc(-c2ccccc2)cc(C(F)(F)F)n1. The summed E-state index contributed by atoms with van der Waals surface area (Å²) in [6.07, 6.45) is -4.49. The van der Waals surface area contributed by atoms with Gasteiger partial charge in [0, 0.05) is 6.07 Å². The molecule has 0 amide bonds. The van der Waals surface area contributed by atoms with Crippen molar-refractivity contribution in [2.24, 2.45) is 0 Å². The zero-order valence-electron chi connectivity index (χ0n) is 9.53. The predicted octanol–water partition coefficient (Wildman–Crippen LogP) is 3.78. The number of nitrogens with zero attached hydrogens (tertiary/aromatic N) is 1. The number of halogens is 3. The Balaban J connectivity index is 2.55. The van der Waals surface area contributed by atoms with E-state index in [-0.39, 0.29) is 5.88 Å². The molecule has 0 atom stereocenters. The van der Waals surface area contributed by atoms with Gasteiger partial charge in [0.2, 0.25) is 5.88 Å². The molecule has 0 spiro atoms. The monoisotopic (exact) mass is 253 g/mol. The van der Waals surface area contributed by atoms with Gasteiger partial charge in [-0.05, 0) is 17.2 Å². The predicted molar refractivity (Wildman–Crippen MR) is 61.2 cm³/mol. The first kappa shape index (κ1) is 12.4. The van der Waals surface area contributed by atoms with E-state index in [0.717, 1.165) is 6.07 Å². The highest BCUT2D eigenvalue weighted by Gasteiger charge is 2.33. The van der Waals surface area contributed by atoms with Crippen molar-refractivity contribution < 1.29 is 17.9 Å². The van der Waals surface area contributed by atoms with E-state index in [1.807, 2.05) is 0 Å².